The number of hydrogen-bond donors (Lipinski definition) is 1. The molecule has 1 aromatic heterocycles. The number of aryl methyl sites for hydroxylation is 2. The minimum absolute atomic E-state index is 0.0207. The van der Waals surface area contributed by atoms with E-state index in [1.165, 1.54) is 17.3 Å². The van der Waals surface area contributed by atoms with Gasteiger partial charge in [0.1, 0.15) is 0 Å². The smallest absolute Gasteiger partial charge is 0.230 e. The summed E-state index contributed by atoms with van der Waals surface area (Å²) in [4.78, 5) is 11.5. The van der Waals surface area contributed by atoms with E-state index < -0.39 is 0 Å². The summed E-state index contributed by atoms with van der Waals surface area (Å²) >= 11 is 1.32. The molecule has 0 bridgehead atoms. The highest BCUT2D eigenvalue weighted by Crippen LogP contribution is 2.21. The standard InChI is InChI=1S/C13H17N5OS/c1-4-14-12(19)8-20-13-15-16-17-18(13)11-6-5-9(2)7-10(11)3/h5-7H,4,8H2,1-3H3,(H,14,19). The van der Waals surface area contributed by atoms with E-state index in [1.807, 2.05) is 32.9 Å². The Kier molecular flexibility index (Phi) is 4.73. The average molecular weight is 291 g/mol. The number of tetrazole rings is 1. The first-order chi connectivity index (χ1) is 9.61. The predicted octanol–water partition coefficient (Wildman–Crippen LogP) is 1.51. The van der Waals surface area contributed by atoms with E-state index in [1.54, 1.807) is 4.68 Å². The molecule has 0 atom stereocenters. The van der Waals surface area contributed by atoms with E-state index in [9.17, 15) is 4.79 Å². The molecule has 2 rings (SSSR count). The molecule has 1 amide bonds. The van der Waals surface area contributed by atoms with Crippen molar-refractivity contribution in [3.8, 4) is 5.69 Å². The number of hydrogen-bond acceptors (Lipinski definition) is 5. The van der Waals surface area contributed by atoms with Crippen molar-refractivity contribution in [2.24, 2.45) is 0 Å². The van der Waals surface area contributed by atoms with Crippen molar-refractivity contribution < 1.29 is 4.79 Å². The molecule has 106 valence electrons. The maximum atomic E-state index is 11.5. The van der Waals surface area contributed by atoms with Gasteiger partial charge in [-0.15, -0.1) is 5.10 Å². The molecule has 1 N–H and O–H groups in total. The molecule has 0 unspecified atom stereocenters. The van der Waals surface area contributed by atoms with E-state index in [2.05, 4.69) is 26.9 Å². The van der Waals surface area contributed by atoms with Crippen LogP contribution in [0.3, 0.4) is 0 Å². The second kappa shape index (κ2) is 6.51. The molecule has 7 heteroatoms. The third kappa shape index (κ3) is 3.36. The number of nitrogens with one attached hydrogen (secondary N) is 1. The molecule has 0 spiro atoms. The molecular formula is C13H17N5OS. The van der Waals surface area contributed by atoms with Crippen LogP contribution >= 0.6 is 11.8 Å². The van der Waals surface area contributed by atoms with Gasteiger partial charge in [0.2, 0.25) is 11.1 Å². The second-order valence-electron chi connectivity index (χ2n) is 4.41. The Bertz CT molecular complexity index is 611. The van der Waals surface area contributed by atoms with Gasteiger partial charge in [-0.2, -0.15) is 4.68 Å². The average Bonchev–Trinajstić information content (AvgIpc) is 2.85. The molecule has 0 saturated carbocycles. The number of nitrogens with zero attached hydrogens (tertiary/aromatic N) is 4. The molecular weight excluding hydrogens is 274 g/mol. The Morgan fingerprint density at radius 3 is 2.90 bits per heavy atom. The van der Waals surface area contributed by atoms with Gasteiger partial charge in [0, 0.05) is 6.54 Å². The maximum absolute atomic E-state index is 11.5. The summed E-state index contributed by atoms with van der Waals surface area (Å²) in [5.41, 5.74) is 3.21. The van der Waals surface area contributed by atoms with Crippen molar-refractivity contribution in [3.05, 3.63) is 29.3 Å². The predicted molar refractivity (Wildman–Crippen MR) is 78.0 cm³/mol. The van der Waals surface area contributed by atoms with E-state index in [4.69, 9.17) is 0 Å². The largest absolute Gasteiger partial charge is 0.356 e. The van der Waals surface area contributed by atoms with Crippen molar-refractivity contribution in [3.63, 3.8) is 0 Å². The number of rotatable bonds is 5. The fourth-order valence-electron chi connectivity index (χ4n) is 1.84. The van der Waals surface area contributed by atoms with Gasteiger partial charge >= 0.3 is 0 Å². The quantitative estimate of drug-likeness (QED) is 0.845. The fourth-order valence-corrected chi connectivity index (χ4v) is 2.56. The number of carbonyl (C=O) groups is 1. The van der Waals surface area contributed by atoms with Gasteiger partial charge in [0.25, 0.3) is 0 Å². The van der Waals surface area contributed by atoms with Crippen LogP contribution < -0.4 is 5.32 Å². The molecule has 0 aliphatic carbocycles. The SMILES string of the molecule is CCNC(=O)CSc1nnnn1-c1ccc(C)cc1C. The lowest BCUT2D eigenvalue weighted by molar-refractivity contribution is -0.118. The monoisotopic (exact) mass is 291 g/mol. The second-order valence-corrected chi connectivity index (χ2v) is 5.35. The Morgan fingerprint density at radius 2 is 2.20 bits per heavy atom. The van der Waals surface area contributed by atoms with Gasteiger partial charge in [0.15, 0.2) is 0 Å². The Labute approximate surface area is 121 Å². The van der Waals surface area contributed by atoms with Gasteiger partial charge in [-0.1, -0.05) is 29.5 Å². The van der Waals surface area contributed by atoms with Crippen LogP contribution in [-0.4, -0.2) is 38.4 Å². The number of amides is 1. The highest BCUT2D eigenvalue weighted by molar-refractivity contribution is 7.99. The molecule has 0 aliphatic rings. The van der Waals surface area contributed by atoms with Crippen LogP contribution in [0.4, 0.5) is 0 Å². The van der Waals surface area contributed by atoms with E-state index in [-0.39, 0.29) is 5.91 Å². The summed E-state index contributed by atoms with van der Waals surface area (Å²) in [7, 11) is 0. The van der Waals surface area contributed by atoms with Gasteiger partial charge < -0.3 is 5.32 Å². The molecule has 1 aromatic carbocycles. The van der Waals surface area contributed by atoms with Gasteiger partial charge in [0.05, 0.1) is 11.4 Å². The van der Waals surface area contributed by atoms with Crippen LogP contribution in [-0.2, 0) is 4.79 Å². The van der Waals surface area contributed by atoms with Crippen LogP contribution in [0.1, 0.15) is 18.1 Å². The summed E-state index contributed by atoms with van der Waals surface area (Å²) < 4.78 is 1.67. The first-order valence-electron chi connectivity index (χ1n) is 6.37. The molecule has 1 heterocycles. The molecule has 20 heavy (non-hydrogen) atoms. The summed E-state index contributed by atoms with van der Waals surface area (Å²) in [5.74, 6) is 0.284. The van der Waals surface area contributed by atoms with E-state index >= 15 is 0 Å². The fraction of sp³-hybridized carbons (Fsp3) is 0.385. The van der Waals surface area contributed by atoms with Crippen molar-refractivity contribution in [2.45, 2.75) is 25.9 Å². The zero-order valence-electron chi connectivity index (χ0n) is 11.8. The van der Waals surface area contributed by atoms with Crippen LogP contribution in [0.5, 0.6) is 0 Å². The maximum Gasteiger partial charge on any atom is 0.230 e. The Morgan fingerprint density at radius 1 is 1.40 bits per heavy atom. The van der Waals surface area contributed by atoms with Crippen LogP contribution in [0.2, 0.25) is 0 Å². The number of aromatic nitrogens is 4. The number of thioether (sulfide) groups is 1. The minimum Gasteiger partial charge on any atom is -0.356 e. The van der Waals surface area contributed by atoms with Gasteiger partial charge in [-0.05, 0) is 42.8 Å². The molecule has 0 radical (unpaired) electrons. The van der Waals surface area contributed by atoms with Gasteiger partial charge in [-0.3, -0.25) is 4.79 Å². The zero-order valence-corrected chi connectivity index (χ0v) is 12.6. The highest BCUT2D eigenvalue weighted by Gasteiger charge is 2.12. The summed E-state index contributed by atoms with van der Waals surface area (Å²) in [6, 6.07) is 6.08. The summed E-state index contributed by atoms with van der Waals surface area (Å²) in [6.07, 6.45) is 0. The van der Waals surface area contributed by atoms with Crippen molar-refractivity contribution in [2.75, 3.05) is 12.3 Å². The van der Waals surface area contributed by atoms with Crippen molar-refractivity contribution in [1.82, 2.24) is 25.5 Å². The van der Waals surface area contributed by atoms with Crippen LogP contribution in [0.15, 0.2) is 23.4 Å². The molecule has 0 saturated heterocycles. The summed E-state index contributed by atoms with van der Waals surface area (Å²) in [6.45, 7) is 6.58. The van der Waals surface area contributed by atoms with Gasteiger partial charge in [-0.25, -0.2) is 0 Å². The summed E-state index contributed by atoms with van der Waals surface area (Å²) in [5, 5.41) is 15.0. The third-order valence-corrected chi connectivity index (χ3v) is 3.65. The number of carbonyl (C=O) groups excluding carboxylic acids is 1. The molecule has 2 aromatic rings. The highest BCUT2D eigenvalue weighted by atomic mass is 32.2. The normalized spacial score (nSPS) is 10.6. The Balaban J connectivity index is 2.18. The van der Waals surface area contributed by atoms with E-state index in [0.717, 1.165) is 11.3 Å². The third-order valence-electron chi connectivity index (χ3n) is 2.73. The minimum atomic E-state index is -0.0207. The lowest BCUT2D eigenvalue weighted by Gasteiger charge is -2.08. The zero-order chi connectivity index (χ0) is 14.5. The van der Waals surface area contributed by atoms with E-state index in [0.29, 0.717) is 17.5 Å². The molecule has 0 aliphatic heterocycles. The first-order valence-corrected chi connectivity index (χ1v) is 7.36. The topological polar surface area (TPSA) is 72.7 Å². The lowest BCUT2D eigenvalue weighted by Crippen LogP contribution is -2.24. The van der Waals surface area contributed by atoms with Crippen molar-refractivity contribution >= 4 is 17.7 Å². The Hall–Kier alpha value is -1.89. The molecule has 0 fully saturated rings. The van der Waals surface area contributed by atoms with Crippen molar-refractivity contribution in [1.29, 1.82) is 0 Å². The lowest BCUT2D eigenvalue weighted by atomic mass is 10.1. The van der Waals surface area contributed by atoms with Crippen LogP contribution in [0, 0.1) is 13.8 Å². The molecule has 6 nitrogen and oxygen atoms in total. The van der Waals surface area contributed by atoms with Crippen LogP contribution in [0.25, 0.3) is 5.69 Å². The first kappa shape index (κ1) is 14.5. The number of benzene rings is 1.